The standard InChI is InChI=1S/C42H51FN8O3/c1-26(2)50-25-45-34-22-33(47-38(37(34)50)46-32-10-14-44-23-31(32)43)27-8-9-30-35(19-27)51(29-20-28(21-29)49-15-11-41(3,4)24-49)40(53)42(30)12-16-48(17-13-42)39(52)36-7-5-6-18-54-36/h8-10,14,19,22-23,25-26,28-29,36H,5-7,11-13,15-18,20-21,24H2,1-4H3,(H,44,46,47)/t28-,29+,36?. The van der Waals surface area contributed by atoms with Crippen LogP contribution in [0, 0.1) is 11.2 Å². The predicted octanol–water partition coefficient (Wildman–Crippen LogP) is 7.00. The molecule has 4 aromatic rings. The monoisotopic (exact) mass is 734 g/mol. The molecule has 9 rings (SSSR count). The van der Waals surface area contributed by atoms with Crippen LogP contribution >= 0.6 is 0 Å². The van der Waals surface area contributed by atoms with Gasteiger partial charge in [0.2, 0.25) is 5.91 Å². The van der Waals surface area contributed by atoms with E-state index < -0.39 is 11.2 Å². The molecule has 1 aromatic carbocycles. The van der Waals surface area contributed by atoms with Gasteiger partial charge < -0.3 is 24.4 Å². The number of amides is 2. The van der Waals surface area contributed by atoms with E-state index in [4.69, 9.17) is 14.7 Å². The summed E-state index contributed by atoms with van der Waals surface area (Å²) >= 11 is 0. The van der Waals surface area contributed by atoms with Gasteiger partial charge in [-0.1, -0.05) is 26.0 Å². The third kappa shape index (κ3) is 5.96. The lowest BCUT2D eigenvalue weighted by Crippen LogP contribution is -2.58. The first kappa shape index (κ1) is 35.3. The van der Waals surface area contributed by atoms with Crippen LogP contribution in [0.3, 0.4) is 0 Å². The van der Waals surface area contributed by atoms with Crippen LogP contribution in [0.1, 0.15) is 90.7 Å². The number of ether oxygens (including phenoxy) is 1. The van der Waals surface area contributed by atoms with Gasteiger partial charge in [-0.3, -0.25) is 19.5 Å². The molecule has 1 spiro atoms. The number of pyridine rings is 2. The van der Waals surface area contributed by atoms with Crippen LogP contribution in [0.2, 0.25) is 0 Å². The fraction of sp³-hybridized carbons (Fsp3) is 0.548. The zero-order valence-electron chi connectivity index (χ0n) is 31.9. The zero-order valence-corrected chi connectivity index (χ0v) is 31.9. The number of carbonyl (C=O) groups excluding carboxylic acids is 2. The van der Waals surface area contributed by atoms with Crippen LogP contribution in [0.15, 0.2) is 49.1 Å². The van der Waals surface area contributed by atoms with E-state index in [0.717, 1.165) is 73.0 Å². The highest BCUT2D eigenvalue weighted by Crippen LogP contribution is 2.52. The fourth-order valence-electron chi connectivity index (χ4n) is 9.67. The Bertz CT molecular complexity index is 2090. The Kier molecular flexibility index (Phi) is 8.76. The highest BCUT2D eigenvalue weighted by molar-refractivity contribution is 6.09. The van der Waals surface area contributed by atoms with E-state index in [1.165, 1.54) is 12.6 Å². The molecule has 1 N–H and O–H groups in total. The molecule has 3 aromatic heterocycles. The summed E-state index contributed by atoms with van der Waals surface area (Å²) in [6, 6.07) is 10.6. The molecule has 4 aliphatic heterocycles. The van der Waals surface area contributed by atoms with E-state index in [1.54, 1.807) is 18.6 Å². The van der Waals surface area contributed by atoms with Crippen molar-refractivity contribution < 1.29 is 18.7 Å². The normalized spacial score (nSPS) is 25.1. The van der Waals surface area contributed by atoms with Crippen molar-refractivity contribution in [1.29, 1.82) is 0 Å². The van der Waals surface area contributed by atoms with Gasteiger partial charge in [0.15, 0.2) is 11.6 Å². The van der Waals surface area contributed by atoms with E-state index in [1.807, 2.05) is 15.5 Å². The van der Waals surface area contributed by atoms with Gasteiger partial charge >= 0.3 is 0 Å². The van der Waals surface area contributed by atoms with Gasteiger partial charge in [0.1, 0.15) is 11.6 Å². The summed E-state index contributed by atoms with van der Waals surface area (Å²) < 4.78 is 22.8. The minimum Gasteiger partial charge on any atom is -0.368 e. The Morgan fingerprint density at radius 1 is 1.04 bits per heavy atom. The molecule has 3 saturated heterocycles. The summed E-state index contributed by atoms with van der Waals surface area (Å²) in [5.41, 5.74) is 4.98. The predicted molar refractivity (Wildman–Crippen MR) is 206 cm³/mol. The van der Waals surface area contributed by atoms with E-state index in [0.29, 0.717) is 55.5 Å². The maximum absolute atomic E-state index is 15.0. The van der Waals surface area contributed by atoms with E-state index in [-0.39, 0.29) is 35.7 Å². The lowest BCUT2D eigenvalue weighted by atomic mass is 9.73. The van der Waals surface area contributed by atoms with E-state index in [2.05, 4.69) is 66.0 Å². The van der Waals surface area contributed by atoms with E-state index in [9.17, 15) is 14.0 Å². The van der Waals surface area contributed by atoms with Crippen molar-refractivity contribution in [3.8, 4) is 11.3 Å². The molecule has 1 unspecified atom stereocenters. The SMILES string of the molecule is CC(C)n1cnc2cc(-c3ccc4c(c3)N([C@H]3C[C@@H](N5CCC(C)(C)C5)C3)C(=O)C43CCN(C(=O)C4CCCCO4)CC3)nc(Nc3ccncc3F)c21. The number of nitrogens with zero attached hydrogens (tertiary/aromatic N) is 7. The first-order valence-electron chi connectivity index (χ1n) is 19.9. The average Bonchev–Trinajstić information content (AvgIpc) is 3.82. The first-order chi connectivity index (χ1) is 26.0. The van der Waals surface area contributed by atoms with Gasteiger partial charge in [-0.2, -0.15) is 0 Å². The number of nitrogens with one attached hydrogen (secondary N) is 1. The molecule has 1 aliphatic carbocycles. The van der Waals surface area contributed by atoms with Crippen LogP contribution < -0.4 is 10.2 Å². The molecule has 0 radical (unpaired) electrons. The Balaban J connectivity index is 1.07. The molecule has 54 heavy (non-hydrogen) atoms. The highest BCUT2D eigenvalue weighted by atomic mass is 19.1. The Labute approximate surface area is 316 Å². The number of halogens is 1. The third-order valence-corrected chi connectivity index (χ3v) is 12.9. The second-order valence-corrected chi connectivity index (χ2v) is 17.3. The summed E-state index contributed by atoms with van der Waals surface area (Å²) in [6.45, 7) is 12.8. The molecule has 7 heterocycles. The molecular formula is C42H51FN8O3. The second-order valence-electron chi connectivity index (χ2n) is 17.3. The van der Waals surface area contributed by atoms with E-state index >= 15 is 0 Å². The van der Waals surface area contributed by atoms with Crippen molar-refractivity contribution in [3.05, 3.63) is 60.4 Å². The van der Waals surface area contributed by atoms with Gasteiger partial charge in [-0.25, -0.2) is 14.4 Å². The van der Waals surface area contributed by atoms with Gasteiger partial charge in [-0.15, -0.1) is 0 Å². The summed E-state index contributed by atoms with van der Waals surface area (Å²) in [7, 11) is 0. The number of hydrogen-bond donors (Lipinski definition) is 1. The van der Waals surface area contributed by atoms with Crippen molar-refractivity contribution in [3.63, 3.8) is 0 Å². The lowest BCUT2D eigenvalue weighted by molar-refractivity contribution is -0.149. The topological polar surface area (TPSA) is 109 Å². The molecule has 11 nitrogen and oxygen atoms in total. The third-order valence-electron chi connectivity index (χ3n) is 12.9. The molecule has 2 amide bonds. The Morgan fingerprint density at radius 2 is 1.85 bits per heavy atom. The van der Waals surface area contributed by atoms with Gasteiger partial charge in [0.25, 0.3) is 5.91 Å². The van der Waals surface area contributed by atoms with Crippen molar-refractivity contribution >= 4 is 40.0 Å². The number of benzene rings is 1. The van der Waals surface area contributed by atoms with Crippen LogP contribution in [0.25, 0.3) is 22.3 Å². The second kappa shape index (κ2) is 13.4. The van der Waals surface area contributed by atoms with Crippen LogP contribution in [0.5, 0.6) is 0 Å². The minimum atomic E-state index is -0.683. The molecule has 0 bridgehead atoms. The number of anilines is 3. The molecule has 1 atom stereocenters. The smallest absolute Gasteiger partial charge is 0.251 e. The van der Waals surface area contributed by atoms with Gasteiger partial charge in [0, 0.05) is 61.8 Å². The number of piperidine rings is 1. The summed E-state index contributed by atoms with van der Waals surface area (Å²) in [5, 5.41) is 3.23. The Hall–Kier alpha value is -4.42. The minimum absolute atomic E-state index is 0.0650. The van der Waals surface area contributed by atoms with Crippen molar-refractivity contribution in [1.82, 2.24) is 29.3 Å². The number of rotatable bonds is 7. The molecule has 284 valence electrons. The largest absolute Gasteiger partial charge is 0.368 e. The summed E-state index contributed by atoms with van der Waals surface area (Å²) in [5.74, 6) is 0.254. The fourth-order valence-corrected chi connectivity index (χ4v) is 9.67. The maximum atomic E-state index is 15.0. The van der Waals surface area contributed by atoms with Crippen molar-refractivity contribution in [2.24, 2.45) is 5.41 Å². The number of fused-ring (bicyclic) bond motifs is 3. The number of carbonyl (C=O) groups is 2. The number of aromatic nitrogens is 4. The number of likely N-dealkylation sites (tertiary alicyclic amines) is 2. The van der Waals surface area contributed by atoms with Gasteiger partial charge in [-0.05, 0) is 101 Å². The molecule has 5 aliphatic rings. The summed E-state index contributed by atoms with van der Waals surface area (Å²) in [6.07, 6.45) is 11.2. The van der Waals surface area contributed by atoms with Crippen molar-refractivity contribution in [2.75, 3.05) is 43.0 Å². The zero-order chi connectivity index (χ0) is 37.4. The Morgan fingerprint density at radius 3 is 2.56 bits per heavy atom. The highest BCUT2D eigenvalue weighted by Gasteiger charge is 2.56. The maximum Gasteiger partial charge on any atom is 0.251 e. The molecule has 4 fully saturated rings. The van der Waals surface area contributed by atoms with Crippen LogP contribution in [-0.2, 0) is 19.7 Å². The molecular weight excluding hydrogens is 684 g/mol. The van der Waals surface area contributed by atoms with Gasteiger partial charge in [0.05, 0.1) is 34.8 Å². The number of imidazole rings is 1. The average molecular weight is 735 g/mol. The quantitative estimate of drug-likeness (QED) is 0.217. The number of hydrogen-bond acceptors (Lipinski definition) is 8. The van der Waals surface area contributed by atoms with Crippen LogP contribution in [0.4, 0.5) is 21.6 Å². The summed E-state index contributed by atoms with van der Waals surface area (Å²) in [4.78, 5) is 48.9. The lowest BCUT2D eigenvalue weighted by Gasteiger charge is -2.47. The van der Waals surface area contributed by atoms with Crippen LogP contribution in [-0.4, -0.2) is 92.1 Å². The first-order valence-corrected chi connectivity index (χ1v) is 19.9. The molecule has 12 heteroatoms. The molecule has 1 saturated carbocycles. The van der Waals surface area contributed by atoms with Crippen molar-refractivity contribution in [2.45, 2.75) is 109 Å².